The number of nitrogen functional groups attached to an aromatic ring is 1. The summed E-state index contributed by atoms with van der Waals surface area (Å²) in [7, 11) is 0. The zero-order valence-corrected chi connectivity index (χ0v) is 14.7. The molecule has 122 valence electrons. The van der Waals surface area contributed by atoms with Gasteiger partial charge in [0.25, 0.3) is 5.91 Å². The van der Waals surface area contributed by atoms with E-state index in [1.54, 1.807) is 0 Å². The smallest absolute Gasteiger partial charge is 0.254 e. The van der Waals surface area contributed by atoms with Gasteiger partial charge in [-0.15, -0.1) is 11.3 Å². The fraction of sp³-hybridized carbons (Fsp3) is 0.421. The summed E-state index contributed by atoms with van der Waals surface area (Å²) in [6.07, 6.45) is 5.76. The topological polar surface area (TPSA) is 55.1 Å². The van der Waals surface area contributed by atoms with Crippen LogP contribution in [0.5, 0.6) is 0 Å². The van der Waals surface area contributed by atoms with Crippen LogP contribution in [-0.4, -0.2) is 12.5 Å². The number of carbonyl (C=O) groups is 1. The number of benzene rings is 1. The van der Waals surface area contributed by atoms with E-state index in [1.165, 1.54) is 41.7 Å². The van der Waals surface area contributed by atoms with E-state index in [0.29, 0.717) is 17.1 Å². The van der Waals surface area contributed by atoms with Crippen molar-refractivity contribution in [2.24, 2.45) is 0 Å². The molecule has 0 saturated carbocycles. The maximum Gasteiger partial charge on any atom is 0.254 e. The number of nitrogens with one attached hydrogen (secondary N) is 1. The monoisotopic (exact) mass is 328 g/mol. The third-order valence-corrected chi connectivity index (χ3v) is 5.45. The minimum absolute atomic E-state index is 0.0542. The Morgan fingerprint density at radius 3 is 2.74 bits per heavy atom. The molecule has 1 aromatic heterocycles. The Hall–Kier alpha value is -1.81. The van der Waals surface area contributed by atoms with Gasteiger partial charge >= 0.3 is 0 Å². The first kappa shape index (κ1) is 16.1. The van der Waals surface area contributed by atoms with Crippen molar-refractivity contribution in [3.63, 3.8) is 0 Å². The van der Waals surface area contributed by atoms with Crippen LogP contribution in [0.25, 0.3) is 11.1 Å². The molecule has 1 amide bonds. The summed E-state index contributed by atoms with van der Waals surface area (Å²) < 4.78 is 0. The Kier molecular flexibility index (Phi) is 4.71. The van der Waals surface area contributed by atoms with Crippen molar-refractivity contribution in [1.29, 1.82) is 0 Å². The molecule has 0 aliphatic heterocycles. The largest absolute Gasteiger partial charge is 0.390 e. The second-order valence-electron chi connectivity index (χ2n) is 6.22. The van der Waals surface area contributed by atoms with Gasteiger partial charge in [0.05, 0.1) is 10.6 Å². The molecule has 0 spiro atoms. The number of hydrogen-bond donors (Lipinski definition) is 2. The van der Waals surface area contributed by atoms with E-state index < -0.39 is 0 Å². The van der Waals surface area contributed by atoms with Crippen LogP contribution < -0.4 is 11.1 Å². The predicted molar refractivity (Wildman–Crippen MR) is 98.2 cm³/mol. The van der Waals surface area contributed by atoms with E-state index in [2.05, 4.69) is 23.5 Å². The van der Waals surface area contributed by atoms with Gasteiger partial charge in [-0.1, -0.05) is 25.1 Å². The minimum atomic E-state index is -0.0542. The molecule has 1 heterocycles. The fourth-order valence-corrected chi connectivity index (χ4v) is 4.30. The molecule has 0 atom stereocenters. The zero-order valence-electron chi connectivity index (χ0n) is 13.9. The highest BCUT2D eigenvalue weighted by Crippen LogP contribution is 2.39. The lowest BCUT2D eigenvalue weighted by atomic mass is 9.88. The predicted octanol–water partition coefficient (Wildman–Crippen LogP) is 4.32. The van der Waals surface area contributed by atoms with Crippen LogP contribution in [0, 0.1) is 6.92 Å². The third kappa shape index (κ3) is 3.13. The SMILES string of the molecule is CCCNC(=O)c1c(N)sc(C)c1-c1ccc2c(c1)CCCC2. The number of carbonyl (C=O) groups excluding carboxylic acids is 1. The number of fused-ring (bicyclic) bond motifs is 1. The number of rotatable bonds is 4. The highest BCUT2D eigenvalue weighted by molar-refractivity contribution is 7.16. The molecule has 1 aliphatic carbocycles. The number of aryl methyl sites for hydroxylation is 3. The molecule has 23 heavy (non-hydrogen) atoms. The Morgan fingerprint density at radius 2 is 2.00 bits per heavy atom. The molecule has 1 aromatic carbocycles. The van der Waals surface area contributed by atoms with E-state index in [-0.39, 0.29) is 5.91 Å². The summed E-state index contributed by atoms with van der Waals surface area (Å²) >= 11 is 1.51. The van der Waals surface area contributed by atoms with Crippen molar-refractivity contribution in [3.05, 3.63) is 39.8 Å². The Bertz CT molecular complexity index is 733. The van der Waals surface area contributed by atoms with Gasteiger partial charge in [0.1, 0.15) is 0 Å². The summed E-state index contributed by atoms with van der Waals surface area (Å²) in [4.78, 5) is 13.6. The van der Waals surface area contributed by atoms with Crippen LogP contribution in [0.4, 0.5) is 5.00 Å². The molecule has 3 N–H and O–H groups in total. The second-order valence-corrected chi connectivity index (χ2v) is 7.48. The van der Waals surface area contributed by atoms with Gasteiger partial charge in [0.15, 0.2) is 0 Å². The minimum Gasteiger partial charge on any atom is -0.390 e. The Morgan fingerprint density at radius 1 is 1.26 bits per heavy atom. The van der Waals surface area contributed by atoms with Gasteiger partial charge in [-0.3, -0.25) is 4.79 Å². The number of nitrogens with two attached hydrogens (primary N) is 1. The molecule has 0 fully saturated rings. The molecule has 4 heteroatoms. The molecule has 0 bridgehead atoms. The fourth-order valence-electron chi connectivity index (χ4n) is 3.36. The van der Waals surface area contributed by atoms with Gasteiger partial charge in [0.2, 0.25) is 0 Å². The van der Waals surface area contributed by atoms with Crippen molar-refractivity contribution in [3.8, 4) is 11.1 Å². The van der Waals surface area contributed by atoms with Crippen LogP contribution in [0.15, 0.2) is 18.2 Å². The first-order valence-corrected chi connectivity index (χ1v) is 9.22. The number of anilines is 1. The zero-order chi connectivity index (χ0) is 16.4. The van der Waals surface area contributed by atoms with Crippen LogP contribution in [0.3, 0.4) is 0 Å². The summed E-state index contributed by atoms with van der Waals surface area (Å²) in [5.74, 6) is -0.0542. The van der Waals surface area contributed by atoms with E-state index >= 15 is 0 Å². The molecule has 1 aliphatic rings. The van der Waals surface area contributed by atoms with E-state index in [0.717, 1.165) is 28.8 Å². The highest BCUT2D eigenvalue weighted by atomic mass is 32.1. The maximum atomic E-state index is 12.5. The molecule has 2 aromatic rings. The summed E-state index contributed by atoms with van der Waals surface area (Å²) in [5.41, 5.74) is 11.8. The number of amides is 1. The molecule has 0 unspecified atom stereocenters. The molecule has 0 radical (unpaired) electrons. The summed E-state index contributed by atoms with van der Waals surface area (Å²) in [6, 6.07) is 6.64. The van der Waals surface area contributed by atoms with Gasteiger partial charge in [0, 0.05) is 17.0 Å². The quantitative estimate of drug-likeness (QED) is 0.878. The molecular weight excluding hydrogens is 304 g/mol. The lowest BCUT2D eigenvalue weighted by Gasteiger charge is -2.17. The normalized spacial score (nSPS) is 13.7. The van der Waals surface area contributed by atoms with Crippen LogP contribution in [-0.2, 0) is 12.8 Å². The van der Waals surface area contributed by atoms with Gasteiger partial charge in [-0.25, -0.2) is 0 Å². The molecule has 3 nitrogen and oxygen atoms in total. The Balaban J connectivity index is 2.04. The summed E-state index contributed by atoms with van der Waals surface area (Å²) in [6.45, 7) is 4.77. The lowest BCUT2D eigenvalue weighted by molar-refractivity contribution is 0.0955. The van der Waals surface area contributed by atoms with Crippen LogP contribution >= 0.6 is 11.3 Å². The number of thiophene rings is 1. The standard InChI is InChI=1S/C19H24N2OS/c1-3-10-21-19(22)17-16(12(2)23-18(17)20)15-9-8-13-6-4-5-7-14(13)11-15/h8-9,11H,3-7,10,20H2,1-2H3,(H,21,22). The molecule has 3 rings (SSSR count). The van der Waals surface area contributed by atoms with Crippen molar-refractivity contribution in [2.45, 2.75) is 46.0 Å². The summed E-state index contributed by atoms with van der Waals surface area (Å²) in [5, 5.41) is 3.58. The molecule has 0 saturated heterocycles. The first-order chi connectivity index (χ1) is 11.1. The van der Waals surface area contributed by atoms with Crippen LogP contribution in [0.2, 0.25) is 0 Å². The van der Waals surface area contributed by atoms with Gasteiger partial charge < -0.3 is 11.1 Å². The molecular formula is C19H24N2OS. The average Bonchev–Trinajstić information content (AvgIpc) is 2.86. The van der Waals surface area contributed by atoms with E-state index in [9.17, 15) is 4.79 Å². The highest BCUT2D eigenvalue weighted by Gasteiger charge is 2.22. The van der Waals surface area contributed by atoms with Crippen molar-refractivity contribution in [2.75, 3.05) is 12.3 Å². The van der Waals surface area contributed by atoms with E-state index in [1.807, 2.05) is 13.8 Å². The third-order valence-electron chi connectivity index (χ3n) is 4.51. The Labute approximate surface area is 141 Å². The van der Waals surface area contributed by atoms with Crippen molar-refractivity contribution >= 4 is 22.2 Å². The number of hydrogen-bond acceptors (Lipinski definition) is 3. The lowest BCUT2D eigenvalue weighted by Crippen LogP contribution is -2.24. The van der Waals surface area contributed by atoms with Gasteiger partial charge in [-0.05, 0) is 55.7 Å². The van der Waals surface area contributed by atoms with E-state index in [4.69, 9.17) is 5.73 Å². The van der Waals surface area contributed by atoms with Gasteiger partial charge in [-0.2, -0.15) is 0 Å². The van der Waals surface area contributed by atoms with Crippen molar-refractivity contribution < 1.29 is 4.79 Å². The second kappa shape index (κ2) is 6.75. The van der Waals surface area contributed by atoms with Crippen LogP contribution in [0.1, 0.15) is 52.5 Å². The first-order valence-electron chi connectivity index (χ1n) is 8.41. The maximum absolute atomic E-state index is 12.5. The van der Waals surface area contributed by atoms with Crippen molar-refractivity contribution in [1.82, 2.24) is 5.32 Å². The average molecular weight is 328 g/mol.